The topological polar surface area (TPSA) is 183 Å². The van der Waals surface area contributed by atoms with Crippen LogP contribution < -0.4 is 9.47 Å². The van der Waals surface area contributed by atoms with E-state index in [2.05, 4.69) is 0 Å². The third kappa shape index (κ3) is 4.26. The molecule has 11 heteroatoms. The Labute approximate surface area is 197 Å². The molecule has 6 N–H and O–H groups in total. The van der Waals surface area contributed by atoms with Gasteiger partial charge in [0.15, 0.2) is 40.6 Å². The molecule has 4 rings (SSSR count). The average Bonchev–Trinajstić information content (AvgIpc) is 2.84. The Kier molecular flexibility index (Phi) is 5.91. The molecule has 1 aliphatic rings. The van der Waals surface area contributed by atoms with E-state index in [0.717, 1.165) is 24.3 Å². The molecule has 0 saturated heterocycles. The van der Waals surface area contributed by atoms with Gasteiger partial charge in [0.2, 0.25) is 0 Å². The quantitative estimate of drug-likeness (QED) is 0.178. The van der Waals surface area contributed by atoms with Crippen molar-refractivity contribution >= 4 is 12.3 Å². The molecule has 0 fully saturated rings. The summed E-state index contributed by atoms with van der Waals surface area (Å²) in [6, 6.07) is 6.96. The lowest BCUT2D eigenvalue weighted by atomic mass is 9.92. The van der Waals surface area contributed by atoms with Crippen molar-refractivity contribution in [1.82, 2.24) is 0 Å². The van der Waals surface area contributed by atoms with Crippen molar-refractivity contribution in [2.45, 2.75) is 18.6 Å². The number of hydrogen-bond donors (Lipinski definition) is 6. The van der Waals surface area contributed by atoms with E-state index in [-0.39, 0.29) is 28.9 Å². The second-order valence-electron chi connectivity index (χ2n) is 7.77. The molecular formula is C24H20O11. The summed E-state index contributed by atoms with van der Waals surface area (Å²) < 4.78 is 17.0. The highest BCUT2D eigenvalue weighted by Crippen LogP contribution is 2.45. The van der Waals surface area contributed by atoms with Gasteiger partial charge in [-0.2, -0.15) is 0 Å². The molecule has 0 spiro atoms. The first kappa shape index (κ1) is 23.4. The number of phenols is 6. The van der Waals surface area contributed by atoms with Gasteiger partial charge < -0.3 is 44.8 Å². The lowest BCUT2D eigenvalue weighted by Crippen LogP contribution is -2.35. The van der Waals surface area contributed by atoms with Gasteiger partial charge in [-0.1, -0.05) is 0 Å². The molecule has 35 heavy (non-hydrogen) atoms. The van der Waals surface area contributed by atoms with Crippen LogP contribution in [-0.4, -0.2) is 56.1 Å². The molecular weight excluding hydrogens is 464 g/mol. The molecule has 182 valence electrons. The number of phenolic OH excluding ortho intramolecular Hbond substituents is 6. The molecule has 0 amide bonds. The molecule has 0 saturated carbocycles. The van der Waals surface area contributed by atoms with Crippen LogP contribution in [0.5, 0.6) is 46.0 Å². The van der Waals surface area contributed by atoms with Crippen LogP contribution in [0.15, 0.2) is 36.4 Å². The minimum atomic E-state index is -1.13. The number of aromatic hydroxyl groups is 6. The maximum Gasteiger partial charge on any atom is 0.338 e. The number of hydrogen-bond acceptors (Lipinski definition) is 11. The summed E-state index contributed by atoms with van der Waals surface area (Å²) in [5.41, 5.74) is 0.576. The van der Waals surface area contributed by atoms with E-state index in [1.165, 1.54) is 19.2 Å². The Morgan fingerprint density at radius 2 is 1.49 bits per heavy atom. The van der Waals surface area contributed by atoms with E-state index >= 15 is 0 Å². The molecule has 3 aromatic carbocycles. The van der Waals surface area contributed by atoms with Crippen LogP contribution in [0.2, 0.25) is 0 Å². The maximum atomic E-state index is 12.9. The minimum absolute atomic E-state index is 0.00645. The van der Waals surface area contributed by atoms with Gasteiger partial charge in [-0.15, -0.1) is 0 Å². The molecule has 2 atom stereocenters. The summed E-state index contributed by atoms with van der Waals surface area (Å²) in [4.78, 5) is 24.2. The standard InChI is InChI=1S/C24H20O11/c1-33-18-2-10(9-25)3-19-13(18)8-20(23(34-19)11-4-14(26)21(30)15(27)5-11)35-24(32)12-6-16(28)22(31)17(29)7-12/h2-7,9,20,23,26-31H,8H2,1H3/t20-,23?/m1/s1. The van der Waals surface area contributed by atoms with Crippen molar-refractivity contribution in [2.24, 2.45) is 0 Å². The van der Waals surface area contributed by atoms with Gasteiger partial charge in [0.1, 0.15) is 23.9 Å². The molecule has 0 radical (unpaired) electrons. The summed E-state index contributed by atoms with van der Waals surface area (Å²) in [6.07, 6.45) is -1.64. The summed E-state index contributed by atoms with van der Waals surface area (Å²) >= 11 is 0. The predicted molar refractivity (Wildman–Crippen MR) is 118 cm³/mol. The van der Waals surface area contributed by atoms with Crippen LogP contribution in [0.25, 0.3) is 0 Å². The predicted octanol–water partition coefficient (Wildman–Crippen LogP) is 2.64. The van der Waals surface area contributed by atoms with Crippen molar-refractivity contribution in [2.75, 3.05) is 7.11 Å². The normalized spacial score (nSPS) is 16.6. The molecule has 0 aromatic heterocycles. The highest BCUT2D eigenvalue weighted by molar-refractivity contribution is 5.91. The van der Waals surface area contributed by atoms with Crippen molar-refractivity contribution in [1.29, 1.82) is 0 Å². The Balaban J connectivity index is 1.78. The van der Waals surface area contributed by atoms with E-state index in [9.17, 15) is 40.2 Å². The van der Waals surface area contributed by atoms with Crippen LogP contribution in [0.4, 0.5) is 0 Å². The van der Waals surface area contributed by atoms with Gasteiger partial charge in [0.05, 0.1) is 12.7 Å². The number of aldehydes is 1. The molecule has 1 aliphatic heterocycles. The number of benzene rings is 3. The number of ether oxygens (including phenoxy) is 3. The zero-order valence-corrected chi connectivity index (χ0v) is 18.1. The third-order valence-corrected chi connectivity index (χ3v) is 5.53. The van der Waals surface area contributed by atoms with E-state index < -0.39 is 52.7 Å². The van der Waals surface area contributed by atoms with Crippen molar-refractivity contribution in [3.8, 4) is 46.0 Å². The smallest absolute Gasteiger partial charge is 0.338 e. The van der Waals surface area contributed by atoms with Crippen LogP contribution in [-0.2, 0) is 11.2 Å². The number of carbonyl (C=O) groups is 2. The number of methoxy groups -OCH3 is 1. The third-order valence-electron chi connectivity index (χ3n) is 5.53. The molecule has 1 heterocycles. The van der Waals surface area contributed by atoms with Gasteiger partial charge in [0.25, 0.3) is 0 Å². The van der Waals surface area contributed by atoms with Gasteiger partial charge in [-0.25, -0.2) is 4.79 Å². The van der Waals surface area contributed by atoms with E-state index in [1.54, 1.807) is 0 Å². The maximum absolute atomic E-state index is 12.9. The number of carbonyl (C=O) groups excluding carboxylic acids is 2. The first-order valence-electron chi connectivity index (χ1n) is 10.2. The summed E-state index contributed by atoms with van der Waals surface area (Å²) in [7, 11) is 1.38. The Morgan fingerprint density at radius 3 is 2.03 bits per heavy atom. The lowest BCUT2D eigenvalue weighted by molar-refractivity contribution is -0.0188. The van der Waals surface area contributed by atoms with Crippen LogP contribution in [0, 0.1) is 0 Å². The Hall–Kier alpha value is -4.80. The summed E-state index contributed by atoms with van der Waals surface area (Å²) in [5.74, 6) is -4.80. The van der Waals surface area contributed by atoms with E-state index in [1.807, 2.05) is 0 Å². The van der Waals surface area contributed by atoms with Crippen LogP contribution >= 0.6 is 0 Å². The average molecular weight is 484 g/mol. The fourth-order valence-electron chi connectivity index (χ4n) is 3.82. The number of esters is 1. The molecule has 1 unspecified atom stereocenters. The summed E-state index contributed by atoms with van der Waals surface area (Å²) in [5, 5.41) is 58.7. The highest BCUT2D eigenvalue weighted by atomic mass is 16.6. The second-order valence-corrected chi connectivity index (χ2v) is 7.77. The fraction of sp³-hybridized carbons (Fsp3) is 0.167. The van der Waals surface area contributed by atoms with Gasteiger partial charge in [0, 0.05) is 23.1 Å². The molecule has 3 aromatic rings. The van der Waals surface area contributed by atoms with Crippen LogP contribution in [0.1, 0.15) is 37.9 Å². The first-order valence-corrected chi connectivity index (χ1v) is 10.2. The number of rotatable bonds is 5. The molecule has 11 nitrogen and oxygen atoms in total. The fourth-order valence-corrected chi connectivity index (χ4v) is 3.82. The second kappa shape index (κ2) is 8.86. The zero-order valence-electron chi connectivity index (χ0n) is 18.1. The van der Waals surface area contributed by atoms with Gasteiger partial charge in [-0.05, 0) is 36.4 Å². The van der Waals surface area contributed by atoms with Crippen molar-refractivity contribution < 1.29 is 54.4 Å². The first-order chi connectivity index (χ1) is 16.6. The molecule has 0 bridgehead atoms. The SMILES string of the molecule is COc1cc(C=O)cc2c1C[C@@H](OC(=O)c1cc(O)c(O)c(O)c1)C(c1cc(O)c(O)c(O)c1)O2. The van der Waals surface area contributed by atoms with Crippen molar-refractivity contribution in [3.63, 3.8) is 0 Å². The minimum Gasteiger partial charge on any atom is -0.504 e. The summed E-state index contributed by atoms with van der Waals surface area (Å²) in [6.45, 7) is 0. The van der Waals surface area contributed by atoms with Gasteiger partial charge in [-0.3, -0.25) is 4.79 Å². The Bertz CT molecular complexity index is 1290. The zero-order chi connectivity index (χ0) is 25.4. The molecule has 0 aliphatic carbocycles. The van der Waals surface area contributed by atoms with Crippen molar-refractivity contribution in [3.05, 3.63) is 58.7 Å². The number of fused-ring (bicyclic) bond motifs is 1. The Morgan fingerprint density at radius 1 is 0.914 bits per heavy atom. The van der Waals surface area contributed by atoms with Crippen LogP contribution in [0.3, 0.4) is 0 Å². The monoisotopic (exact) mass is 484 g/mol. The highest BCUT2D eigenvalue weighted by Gasteiger charge is 2.37. The largest absolute Gasteiger partial charge is 0.504 e. The lowest BCUT2D eigenvalue weighted by Gasteiger charge is -2.34. The van der Waals surface area contributed by atoms with E-state index in [4.69, 9.17) is 14.2 Å². The van der Waals surface area contributed by atoms with E-state index in [0.29, 0.717) is 17.6 Å². The van der Waals surface area contributed by atoms with Gasteiger partial charge >= 0.3 is 5.97 Å².